The molecule has 0 amide bonds. The third-order valence-corrected chi connectivity index (χ3v) is 11.6. The maximum atomic E-state index is 17.2. The summed E-state index contributed by atoms with van der Waals surface area (Å²) in [7, 11) is 0. The molecule has 2 bridgehead atoms. The molecular weight excluding hydrogens is 601 g/mol. The Labute approximate surface area is 271 Å². The number of ether oxygens (including phenoxy) is 1. The summed E-state index contributed by atoms with van der Waals surface area (Å²) in [5, 5.41) is 5.55. The Morgan fingerprint density at radius 3 is 2.85 bits per heavy atom. The number of halogens is 3. The van der Waals surface area contributed by atoms with Crippen LogP contribution in [-0.2, 0) is 6.42 Å². The number of anilines is 1. The summed E-state index contributed by atoms with van der Waals surface area (Å²) in [4.78, 5) is 19.3. The van der Waals surface area contributed by atoms with Crippen molar-refractivity contribution in [1.82, 2.24) is 25.2 Å². The van der Waals surface area contributed by atoms with Gasteiger partial charge in [-0.15, -0.1) is 6.42 Å². The van der Waals surface area contributed by atoms with Gasteiger partial charge in [0.1, 0.15) is 35.6 Å². The van der Waals surface area contributed by atoms with Crippen molar-refractivity contribution in [1.29, 1.82) is 0 Å². The van der Waals surface area contributed by atoms with Gasteiger partial charge >= 0.3 is 6.01 Å². The van der Waals surface area contributed by atoms with E-state index in [0.29, 0.717) is 70.6 Å². The molecule has 0 unspecified atom stereocenters. The van der Waals surface area contributed by atoms with Crippen molar-refractivity contribution in [2.75, 3.05) is 31.1 Å². The van der Waals surface area contributed by atoms with Crippen molar-refractivity contribution in [3.63, 3.8) is 0 Å². The summed E-state index contributed by atoms with van der Waals surface area (Å²) in [5.74, 6) is 2.29. The van der Waals surface area contributed by atoms with Crippen LogP contribution in [0.25, 0.3) is 32.9 Å². The fourth-order valence-electron chi connectivity index (χ4n) is 9.48. The van der Waals surface area contributed by atoms with Gasteiger partial charge in [0.15, 0.2) is 5.82 Å². The van der Waals surface area contributed by atoms with Gasteiger partial charge in [0.2, 0.25) is 0 Å². The van der Waals surface area contributed by atoms with E-state index in [2.05, 4.69) is 28.0 Å². The summed E-state index contributed by atoms with van der Waals surface area (Å²) in [6, 6.07) is 9.27. The van der Waals surface area contributed by atoms with Crippen molar-refractivity contribution >= 4 is 27.5 Å². The quantitative estimate of drug-likeness (QED) is 0.277. The van der Waals surface area contributed by atoms with Crippen LogP contribution in [-0.4, -0.2) is 75.9 Å². The molecule has 10 heteroatoms. The molecule has 9 rings (SSSR count). The predicted octanol–water partition coefficient (Wildman–Crippen LogP) is 5.95. The van der Waals surface area contributed by atoms with Gasteiger partial charge in [-0.25, -0.2) is 18.2 Å². The smallest absolute Gasteiger partial charge is 0.319 e. The van der Waals surface area contributed by atoms with E-state index in [0.717, 1.165) is 45.2 Å². The summed E-state index contributed by atoms with van der Waals surface area (Å²) in [6.07, 6.45) is 10.8. The molecule has 242 valence electrons. The van der Waals surface area contributed by atoms with E-state index in [-0.39, 0.29) is 35.4 Å². The molecule has 47 heavy (non-hydrogen) atoms. The number of rotatable bonds is 4. The highest BCUT2D eigenvalue weighted by Gasteiger charge is 2.50. The van der Waals surface area contributed by atoms with Gasteiger partial charge in [-0.2, -0.15) is 9.97 Å². The fourth-order valence-corrected chi connectivity index (χ4v) is 9.48. The van der Waals surface area contributed by atoms with Gasteiger partial charge in [-0.05, 0) is 62.4 Å². The number of alkyl halides is 1. The van der Waals surface area contributed by atoms with Crippen LogP contribution in [0, 0.1) is 29.9 Å². The number of nitrogens with zero attached hydrogens (tertiary/aromatic N) is 5. The van der Waals surface area contributed by atoms with Gasteiger partial charge in [-0.1, -0.05) is 37.1 Å². The highest BCUT2D eigenvalue weighted by Crippen LogP contribution is 2.44. The maximum Gasteiger partial charge on any atom is 0.319 e. The van der Waals surface area contributed by atoms with E-state index < -0.39 is 23.3 Å². The molecule has 0 aliphatic carbocycles. The molecule has 0 spiro atoms. The highest BCUT2D eigenvalue weighted by molar-refractivity contribution is 6.02. The molecule has 2 aromatic heterocycles. The van der Waals surface area contributed by atoms with Gasteiger partial charge in [-0.3, -0.25) is 4.90 Å². The number of terminal acetylenes is 1. The van der Waals surface area contributed by atoms with Crippen LogP contribution in [0.2, 0.25) is 0 Å². The highest BCUT2D eigenvalue weighted by atomic mass is 19.1. The average molecular weight is 639 g/mol. The van der Waals surface area contributed by atoms with Crippen molar-refractivity contribution < 1.29 is 17.9 Å². The Hall–Kier alpha value is -3.94. The zero-order valence-corrected chi connectivity index (χ0v) is 26.4. The van der Waals surface area contributed by atoms with Gasteiger partial charge in [0, 0.05) is 48.6 Å². The number of hydrogen-bond donors (Lipinski definition) is 1. The third-order valence-electron chi connectivity index (χ3n) is 11.6. The number of fused-ring (bicyclic) bond motifs is 7. The Balaban J connectivity index is 1.26. The molecule has 4 saturated heterocycles. The second-order valence-electron chi connectivity index (χ2n) is 14.3. The maximum absolute atomic E-state index is 17.2. The van der Waals surface area contributed by atoms with Gasteiger partial charge in [0.25, 0.3) is 0 Å². The molecule has 4 aromatic rings. The first-order chi connectivity index (χ1) is 22.8. The number of nitrogens with one attached hydrogen (secondary N) is 1. The molecule has 0 radical (unpaired) electrons. The van der Waals surface area contributed by atoms with E-state index in [4.69, 9.17) is 26.1 Å². The zero-order valence-electron chi connectivity index (χ0n) is 26.4. The minimum Gasteiger partial charge on any atom is -0.461 e. The standard InChI is InChI=1S/C37H37F3N6O/c1-3-24-26(39)11-9-21-6-4-7-25(29(21)24)32-31(40)33-30-27(42-32)12-8-20(2)34-28-13-10-23(41-28)18-46(34)35(30)44-36(43-33)47-19-37-14-5-15-45(37)17-22(38)16-37/h1,4,6-7,9,11,20,22-23,28,34,41H,5,8,10,12-19H2,2H3/t20-,22-,23-,28+,34+,37+/m1/s1. The van der Waals surface area contributed by atoms with Crippen LogP contribution >= 0.6 is 0 Å². The molecule has 1 N–H and O–H groups in total. The van der Waals surface area contributed by atoms with Crippen molar-refractivity contribution in [3.8, 4) is 29.6 Å². The second kappa shape index (κ2) is 10.8. The van der Waals surface area contributed by atoms with Crippen molar-refractivity contribution in [2.45, 2.75) is 81.7 Å². The Kier molecular flexibility index (Phi) is 6.71. The first-order valence-corrected chi connectivity index (χ1v) is 17.0. The number of piperazine rings is 1. The molecule has 7 heterocycles. The fraction of sp³-hybridized carbons (Fsp3) is 0.486. The predicted molar refractivity (Wildman–Crippen MR) is 175 cm³/mol. The molecule has 7 nitrogen and oxygen atoms in total. The first kappa shape index (κ1) is 29.2. The summed E-state index contributed by atoms with van der Waals surface area (Å²) in [6.45, 7) is 4.52. The van der Waals surface area contributed by atoms with Crippen LogP contribution in [0.4, 0.5) is 19.0 Å². The monoisotopic (exact) mass is 638 g/mol. The van der Waals surface area contributed by atoms with Crippen LogP contribution in [0.15, 0.2) is 30.3 Å². The lowest BCUT2D eigenvalue weighted by Crippen LogP contribution is -2.61. The number of aryl methyl sites for hydroxylation is 1. The van der Waals surface area contributed by atoms with Gasteiger partial charge in [0.05, 0.1) is 22.2 Å². The number of benzene rings is 2. The van der Waals surface area contributed by atoms with Crippen LogP contribution in [0.3, 0.4) is 0 Å². The molecular formula is C37H37F3N6O. The average Bonchev–Trinajstić information content (AvgIpc) is 3.73. The van der Waals surface area contributed by atoms with Crippen molar-refractivity contribution in [3.05, 3.63) is 53.2 Å². The summed E-state index contributed by atoms with van der Waals surface area (Å²) in [5.41, 5.74) is 1.02. The van der Waals surface area contributed by atoms with Crippen LogP contribution < -0.4 is 15.0 Å². The largest absolute Gasteiger partial charge is 0.461 e. The number of hydrogen-bond acceptors (Lipinski definition) is 7. The minimum absolute atomic E-state index is 0.0744. The van der Waals surface area contributed by atoms with E-state index in [9.17, 15) is 8.78 Å². The lowest BCUT2D eigenvalue weighted by Gasteiger charge is -2.46. The molecule has 5 aliphatic heterocycles. The van der Waals surface area contributed by atoms with Crippen LogP contribution in [0.1, 0.15) is 56.7 Å². The lowest BCUT2D eigenvalue weighted by atomic mass is 9.85. The van der Waals surface area contributed by atoms with Crippen molar-refractivity contribution in [2.24, 2.45) is 5.92 Å². The van der Waals surface area contributed by atoms with E-state index in [1.165, 1.54) is 6.07 Å². The molecule has 5 aliphatic rings. The second-order valence-corrected chi connectivity index (χ2v) is 14.3. The third kappa shape index (κ3) is 4.46. The first-order valence-electron chi connectivity index (χ1n) is 17.0. The molecule has 0 saturated carbocycles. The molecule has 2 aromatic carbocycles. The van der Waals surface area contributed by atoms with E-state index >= 15 is 4.39 Å². The van der Waals surface area contributed by atoms with E-state index in [1.807, 2.05) is 6.07 Å². The SMILES string of the molecule is C#Cc1c(F)ccc2cccc(-c3nc4c5c(nc(OC[C@@]67CCCN6C[C@H](F)C7)nc5c3F)N3C[C@H]5CC[C@H](N5)[C@@H]3[C@H](C)CC4)c12. The van der Waals surface area contributed by atoms with Gasteiger partial charge < -0.3 is 15.0 Å². The topological polar surface area (TPSA) is 66.4 Å². The summed E-state index contributed by atoms with van der Waals surface area (Å²) >= 11 is 0. The number of aromatic nitrogens is 3. The molecule has 6 atom stereocenters. The Bertz CT molecular complexity index is 1980. The zero-order chi connectivity index (χ0) is 32.0. The van der Waals surface area contributed by atoms with Crippen LogP contribution in [0.5, 0.6) is 6.01 Å². The Morgan fingerprint density at radius 2 is 1.98 bits per heavy atom. The Morgan fingerprint density at radius 1 is 1.09 bits per heavy atom. The number of pyridine rings is 1. The van der Waals surface area contributed by atoms with E-state index in [1.54, 1.807) is 18.2 Å². The minimum atomic E-state index is -0.893. The normalized spacial score (nSPS) is 29.9. The summed E-state index contributed by atoms with van der Waals surface area (Å²) < 4.78 is 53.2. The lowest BCUT2D eigenvalue weighted by molar-refractivity contribution is 0.107. The molecule has 4 fully saturated rings.